The van der Waals surface area contributed by atoms with E-state index in [-0.39, 0.29) is 18.3 Å². The van der Waals surface area contributed by atoms with Gasteiger partial charge in [0.05, 0.1) is 13.4 Å². The van der Waals surface area contributed by atoms with E-state index in [4.69, 9.17) is 13.9 Å². The highest BCUT2D eigenvalue weighted by atomic mass is 16.7. The van der Waals surface area contributed by atoms with E-state index in [1.807, 2.05) is 0 Å². The first kappa shape index (κ1) is 14.7. The zero-order valence-corrected chi connectivity index (χ0v) is 12.2. The second-order valence-electron chi connectivity index (χ2n) is 4.59. The fourth-order valence-electron chi connectivity index (χ4n) is 2.02. The minimum absolute atomic E-state index is 0.0206. The zero-order valence-electron chi connectivity index (χ0n) is 12.2. The number of furan rings is 1. The standard InChI is InChI=1S/C16H13NO6/c1-20-16(19)11(17-15(18)13-3-2-6-21-13)7-10-4-5-12-14(8-10)23-9-22-12/h2-8H,9H2,1H3,(H,17,18). The monoisotopic (exact) mass is 315 g/mol. The molecule has 1 aromatic heterocycles. The SMILES string of the molecule is COC(=O)C(=Cc1ccc2c(c1)OCO2)NC(=O)c1ccco1. The molecule has 0 atom stereocenters. The first-order valence-corrected chi connectivity index (χ1v) is 6.72. The van der Waals surface area contributed by atoms with Crippen molar-refractivity contribution in [3.05, 3.63) is 53.6 Å². The molecule has 2 aromatic rings. The van der Waals surface area contributed by atoms with Crippen molar-refractivity contribution in [1.82, 2.24) is 5.32 Å². The van der Waals surface area contributed by atoms with E-state index >= 15 is 0 Å². The number of ether oxygens (including phenoxy) is 3. The summed E-state index contributed by atoms with van der Waals surface area (Å²) in [7, 11) is 1.23. The Balaban J connectivity index is 1.86. The van der Waals surface area contributed by atoms with Crippen LogP contribution < -0.4 is 14.8 Å². The molecule has 0 aliphatic carbocycles. The quantitative estimate of drug-likeness (QED) is 0.685. The predicted molar refractivity (Wildman–Crippen MR) is 78.7 cm³/mol. The third-order valence-corrected chi connectivity index (χ3v) is 3.11. The molecule has 1 N–H and O–H groups in total. The summed E-state index contributed by atoms with van der Waals surface area (Å²) in [6.45, 7) is 0.154. The molecule has 0 saturated carbocycles. The lowest BCUT2D eigenvalue weighted by atomic mass is 10.1. The summed E-state index contributed by atoms with van der Waals surface area (Å²) in [6, 6.07) is 8.22. The van der Waals surface area contributed by atoms with Crippen molar-refractivity contribution in [2.24, 2.45) is 0 Å². The molecule has 7 heteroatoms. The van der Waals surface area contributed by atoms with Crippen LogP contribution >= 0.6 is 0 Å². The van der Waals surface area contributed by atoms with Gasteiger partial charge < -0.3 is 23.9 Å². The number of nitrogens with one attached hydrogen (secondary N) is 1. The maximum absolute atomic E-state index is 12.0. The van der Waals surface area contributed by atoms with Crippen molar-refractivity contribution in [2.75, 3.05) is 13.9 Å². The van der Waals surface area contributed by atoms with Gasteiger partial charge in [-0.05, 0) is 35.9 Å². The molecular weight excluding hydrogens is 302 g/mol. The van der Waals surface area contributed by atoms with Crippen LogP contribution in [0.15, 0.2) is 46.7 Å². The summed E-state index contributed by atoms with van der Waals surface area (Å²) in [5, 5.41) is 2.47. The fourth-order valence-corrected chi connectivity index (χ4v) is 2.02. The van der Waals surface area contributed by atoms with Crippen LogP contribution in [0.4, 0.5) is 0 Å². The number of hydrogen-bond acceptors (Lipinski definition) is 6. The van der Waals surface area contributed by atoms with Gasteiger partial charge in [0.2, 0.25) is 6.79 Å². The molecule has 0 spiro atoms. The van der Waals surface area contributed by atoms with Crippen molar-refractivity contribution in [1.29, 1.82) is 0 Å². The molecule has 7 nitrogen and oxygen atoms in total. The predicted octanol–water partition coefficient (Wildman–Crippen LogP) is 1.95. The Hall–Kier alpha value is -3.22. The molecule has 0 saturated heterocycles. The van der Waals surface area contributed by atoms with Crippen LogP contribution in [0.5, 0.6) is 11.5 Å². The molecule has 0 bridgehead atoms. The third-order valence-electron chi connectivity index (χ3n) is 3.11. The molecule has 1 aliphatic heterocycles. The lowest BCUT2D eigenvalue weighted by Gasteiger charge is -2.07. The van der Waals surface area contributed by atoms with E-state index in [2.05, 4.69) is 10.1 Å². The van der Waals surface area contributed by atoms with Gasteiger partial charge in [0.15, 0.2) is 17.3 Å². The zero-order chi connectivity index (χ0) is 16.2. The van der Waals surface area contributed by atoms with Crippen LogP contribution in [0.2, 0.25) is 0 Å². The molecule has 0 fully saturated rings. The molecule has 0 unspecified atom stereocenters. The molecule has 3 rings (SSSR count). The van der Waals surface area contributed by atoms with Crippen LogP contribution in [0.3, 0.4) is 0 Å². The van der Waals surface area contributed by atoms with Gasteiger partial charge in [-0.25, -0.2) is 4.79 Å². The van der Waals surface area contributed by atoms with E-state index in [0.29, 0.717) is 17.1 Å². The van der Waals surface area contributed by atoms with Crippen molar-refractivity contribution in [3.63, 3.8) is 0 Å². The van der Waals surface area contributed by atoms with Crippen molar-refractivity contribution in [3.8, 4) is 11.5 Å². The van der Waals surface area contributed by atoms with Gasteiger partial charge in [0.1, 0.15) is 5.70 Å². The Kier molecular flexibility index (Phi) is 4.01. The van der Waals surface area contributed by atoms with Crippen LogP contribution in [-0.2, 0) is 9.53 Å². The second kappa shape index (κ2) is 6.27. The summed E-state index contributed by atoms with van der Waals surface area (Å²) >= 11 is 0. The number of rotatable bonds is 4. The van der Waals surface area contributed by atoms with Gasteiger partial charge in [0.25, 0.3) is 5.91 Å². The van der Waals surface area contributed by atoms with E-state index in [1.165, 1.54) is 25.5 Å². The van der Waals surface area contributed by atoms with Crippen LogP contribution in [0, 0.1) is 0 Å². The van der Waals surface area contributed by atoms with Crippen molar-refractivity contribution < 1.29 is 28.2 Å². The number of esters is 1. The van der Waals surface area contributed by atoms with Crippen LogP contribution in [0.1, 0.15) is 16.1 Å². The van der Waals surface area contributed by atoms with Gasteiger partial charge in [-0.3, -0.25) is 4.79 Å². The van der Waals surface area contributed by atoms with E-state index in [0.717, 1.165) is 0 Å². The smallest absolute Gasteiger partial charge is 0.354 e. The Bertz CT molecular complexity index is 763. The third kappa shape index (κ3) is 3.18. The lowest BCUT2D eigenvalue weighted by molar-refractivity contribution is -0.136. The number of amides is 1. The summed E-state index contributed by atoms with van der Waals surface area (Å²) in [6.07, 6.45) is 2.85. The van der Waals surface area contributed by atoms with Crippen LogP contribution in [0.25, 0.3) is 6.08 Å². The van der Waals surface area contributed by atoms with E-state index in [9.17, 15) is 9.59 Å². The molecular formula is C16H13NO6. The second-order valence-corrected chi connectivity index (χ2v) is 4.59. The Morgan fingerprint density at radius 1 is 1.22 bits per heavy atom. The first-order chi connectivity index (χ1) is 11.2. The lowest BCUT2D eigenvalue weighted by Crippen LogP contribution is -2.27. The summed E-state index contributed by atoms with van der Waals surface area (Å²) in [5.74, 6) is 0.0576. The van der Waals surface area contributed by atoms with Crippen LogP contribution in [-0.4, -0.2) is 25.8 Å². The molecule has 1 amide bonds. The van der Waals surface area contributed by atoms with E-state index < -0.39 is 11.9 Å². The highest BCUT2D eigenvalue weighted by Crippen LogP contribution is 2.33. The number of benzene rings is 1. The summed E-state index contributed by atoms with van der Waals surface area (Å²) in [5.41, 5.74) is 0.627. The molecule has 118 valence electrons. The number of methoxy groups -OCH3 is 1. The number of carbonyl (C=O) groups excluding carboxylic acids is 2. The Morgan fingerprint density at radius 3 is 2.78 bits per heavy atom. The maximum atomic E-state index is 12.0. The minimum Gasteiger partial charge on any atom is -0.464 e. The average molecular weight is 315 g/mol. The normalized spacial score (nSPS) is 12.8. The molecule has 1 aliphatic rings. The highest BCUT2D eigenvalue weighted by molar-refractivity contribution is 6.02. The largest absolute Gasteiger partial charge is 0.464 e. The average Bonchev–Trinajstić information content (AvgIpc) is 3.24. The first-order valence-electron chi connectivity index (χ1n) is 6.72. The van der Waals surface area contributed by atoms with Gasteiger partial charge >= 0.3 is 5.97 Å². The summed E-state index contributed by atoms with van der Waals surface area (Å²) in [4.78, 5) is 23.9. The fraction of sp³-hybridized carbons (Fsp3) is 0.125. The van der Waals surface area contributed by atoms with Crippen molar-refractivity contribution >= 4 is 18.0 Å². The number of fused-ring (bicyclic) bond motifs is 1. The van der Waals surface area contributed by atoms with Gasteiger partial charge in [-0.1, -0.05) is 6.07 Å². The topological polar surface area (TPSA) is 87.0 Å². The highest BCUT2D eigenvalue weighted by Gasteiger charge is 2.18. The number of carbonyl (C=O) groups is 2. The van der Waals surface area contributed by atoms with Gasteiger partial charge in [-0.2, -0.15) is 0 Å². The van der Waals surface area contributed by atoms with E-state index in [1.54, 1.807) is 24.3 Å². The van der Waals surface area contributed by atoms with Gasteiger partial charge in [0, 0.05) is 0 Å². The number of hydrogen-bond donors (Lipinski definition) is 1. The molecule has 1 aromatic carbocycles. The maximum Gasteiger partial charge on any atom is 0.354 e. The molecule has 2 heterocycles. The Morgan fingerprint density at radius 2 is 2.04 bits per heavy atom. The Labute approximate surface area is 131 Å². The molecule has 23 heavy (non-hydrogen) atoms. The summed E-state index contributed by atoms with van der Waals surface area (Å²) < 4.78 is 20.2. The van der Waals surface area contributed by atoms with Gasteiger partial charge in [-0.15, -0.1) is 0 Å². The van der Waals surface area contributed by atoms with Crippen molar-refractivity contribution in [2.45, 2.75) is 0 Å². The molecule has 0 radical (unpaired) electrons. The minimum atomic E-state index is -0.678.